The first-order valence-corrected chi connectivity index (χ1v) is 7.29. The molecule has 3 heteroatoms. The van der Waals surface area contributed by atoms with Gasteiger partial charge in [-0.3, -0.25) is 0 Å². The molecule has 0 aliphatic heterocycles. The first kappa shape index (κ1) is 13.3. The first-order valence-electron chi connectivity index (χ1n) is 7.29. The second kappa shape index (κ2) is 5.33. The quantitative estimate of drug-likeness (QED) is 0.928. The fraction of sp³-hybridized carbons (Fsp3) is 0.412. The van der Waals surface area contributed by atoms with Crippen molar-refractivity contribution in [2.45, 2.75) is 38.6 Å². The van der Waals surface area contributed by atoms with E-state index in [0.717, 1.165) is 24.4 Å². The Balaban J connectivity index is 1.95. The van der Waals surface area contributed by atoms with Crippen molar-refractivity contribution in [1.29, 1.82) is 0 Å². The number of rotatable bonds is 3. The maximum absolute atomic E-state index is 4.77. The summed E-state index contributed by atoms with van der Waals surface area (Å²) in [7, 11) is 1.96. The van der Waals surface area contributed by atoms with Gasteiger partial charge in [0, 0.05) is 29.4 Å². The van der Waals surface area contributed by atoms with Crippen LogP contribution in [-0.2, 0) is 6.42 Å². The summed E-state index contributed by atoms with van der Waals surface area (Å²) in [6.45, 7) is 4.21. The van der Waals surface area contributed by atoms with Crippen LogP contribution in [0.4, 0.5) is 0 Å². The fourth-order valence-electron chi connectivity index (χ4n) is 3.07. The normalized spacial score (nSPS) is 18.9. The fourth-order valence-corrected chi connectivity index (χ4v) is 3.07. The third kappa shape index (κ3) is 2.22. The molecule has 1 aliphatic carbocycles. The molecule has 3 rings (SSSR count). The smallest absolute Gasteiger partial charge is 0.136 e. The van der Waals surface area contributed by atoms with Crippen LogP contribution >= 0.6 is 0 Å². The second-order valence-corrected chi connectivity index (χ2v) is 5.57. The highest BCUT2D eigenvalue weighted by molar-refractivity contribution is 5.39. The highest BCUT2D eigenvalue weighted by Crippen LogP contribution is 2.36. The summed E-state index contributed by atoms with van der Waals surface area (Å²) in [4.78, 5) is 9.41. The number of aryl methyl sites for hydroxylation is 2. The molecule has 104 valence electrons. The summed E-state index contributed by atoms with van der Waals surface area (Å²) < 4.78 is 0. The third-order valence-electron chi connectivity index (χ3n) is 4.38. The SMILES string of the molecule is CNC(C)c1cnc(C2CCc3ccccc32)nc1C. The molecule has 2 aromatic rings. The Morgan fingerprint density at radius 1 is 1.30 bits per heavy atom. The second-order valence-electron chi connectivity index (χ2n) is 5.57. The van der Waals surface area contributed by atoms with E-state index in [9.17, 15) is 0 Å². The zero-order valence-electron chi connectivity index (χ0n) is 12.4. The van der Waals surface area contributed by atoms with Crippen LogP contribution in [-0.4, -0.2) is 17.0 Å². The van der Waals surface area contributed by atoms with E-state index in [1.165, 1.54) is 16.7 Å². The molecule has 2 unspecified atom stereocenters. The van der Waals surface area contributed by atoms with E-state index < -0.39 is 0 Å². The van der Waals surface area contributed by atoms with Gasteiger partial charge in [-0.2, -0.15) is 0 Å². The van der Waals surface area contributed by atoms with E-state index in [-0.39, 0.29) is 0 Å². The van der Waals surface area contributed by atoms with Crippen LogP contribution in [0.3, 0.4) is 0 Å². The van der Waals surface area contributed by atoms with Gasteiger partial charge in [0.2, 0.25) is 0 Å². The molecule has 1 aromatic carbocycles. The van der Waals surface area contributed by atoms with Crippen LogP contribution in [0.5, 0.6) is 0 Å². The van der Waals surface area contributed by atoms with Crippen LogP contribution in [0.25, 0.3) is 0 Å². The molecule has 20 heavy (non-hydrogen) atoms. The van der Waals surface area contributed by atoms with Gasteiger partial charge in [-0.05, 0) is 44.9 Å². The van der Waals surface area contributed by atoms with Gasteiger partial charge in [-0.1, -0.05) is 24.3 Å². The third-order valence-corrected chi connectivity index (χ3v) is 4.38. The zero-order valence-corrected chi connectivity index (χ0v) is 12.4. The average Bonchev–Trinajstić information content (AvgIpc) is 2.90. The summed E-state index contributed by atoms with van der Waals surface area (Å²) in [6.07, 6.45) is 4.25. The summed E-state index contributed by atoms with van der Waals surface area (Å²) >= 11 is 0. The van der Waals surface area contributed by atoms with Gasteiger partial charge in [0.15, 0.2) is 0 Å². The maximum atomic E-state index is 4.77. The van der Waals surface area contributed by atoms with Gasteiger partial charge in [-0.15, -0.1) is 0 Å². The predicted octanol–water partition coefficient (Wildman–Crippen LogP) is 3.14. The largest absolute Gasteiger partial charge is 0.313 e. The molecule has 0 radical (unpaired) electrons. The van der Waals surface area contributed by atoms with Crippen molar-refractivity contribution in [1.82, 2.24) is 15.3 Å². The van der Waals surface area contributed by atoms with Crippen molar-refractivity contribution in [3.8, 4) is 0 Å². The van der Waals surface area contributed by atoms with Crippen LogP contribution in [0.2, 0.25) is 0 Å². The maximum Gasteiger partial charge on any atom is 0.136 e. The molecule has 0 bridgehead atoms. The molecule has 1 aliphatic rings. The van der Waals surface area contributed by atoms with E-state index >= 15 is 0 Å². The minimum atomic E-state index is 0.292. The molecule has 0 amide bonds. The standard InChI is InChI=1S/C17H21N3/c1-11(18-3)16-10-19-17(20-12(16)2)15-9-8-13-6-4-5-7-14(13)15/h4-7,10-11,15,18H,8-9H2,1-3H3. The van der Waals surface area contributed by atoms with Gasteiger partial charge in [-0.25, -0.2) is 9.97 Å². The molecule has 2 atom stereocenters. The molecule has 0 saturated carbocycles. The Bertz CT molecular complexity index is 621. The number of nitrogens with zero attached hydrogens (tertiary/aromatic N) is 2. The van der Waals surface area contributed by atoms with E-state index in [4.69, 9.17) is 4.98 Å². The van der Waals surface area contributed by atoms with Crippen LogP contribution in [0, 0.1) is 6.92 Å². The Hall–Kier alpha value is -1.74. The van der Waals surface area contributed by atoms with Gasteiger partial charge >= 0.3 is 0 Å². The Kier molecular flexibility index (Phi) is 3.53. The lowest BCUT2D eigenvalue weighted by Gasteiger charge is -2.16. The lowest BCUT2D eigenvalue weighted by molar-refractivity contribution is 0.631. The molecule has 1 heterocycles. The van der Waals surface area contributed by atoms with Gasteiger partial charge in [0.1, 0.15) is 5.82 Å². The number of hydrogen-bond donors (Lipinski definition) is 1. The predicted molar refractivity (Wildman–Crippen MR) is 80.8 cm³/mol. The topological polar surface area (TPSA) is 37.8 Å². The van der Waals surface area contributed by atoms with Crippen molar-refractivity contribution in [3.05, 3.63) is 58.7 Å². The Morgan fingerprint density at radius 3 is 2.85 bits per heavy atom. The van der Waals surface area contributed by atoms with E-state index in [0.29, 0.717) is 12.0 Å². The zero-order chi connectivity index (χ0) is 14.1. The first-order chi connectivity index (χ1) is 9.70. The number of benzene rings is 1. The minimum absolute atomic E-state index is 0.292. The molecule has 0 saturated heterocycles. The Labute approximate surface area is 120 Å². The summed E-state index contributed by atoms with van der Waals surface area (Å²) in [5, 5.41) is 3.25. The van der Waals surface area contributed by atoms with Crippen molar-refractivity contribution in [2.24, 2.45) is 0 Å². The minimum Gasteiger partial charge on any atom is -0.313 e. The Morgan fingerprint density at radius 2 is 2.10 bits per heavy atom. The van der Waals surface area contributed by atoms with Gasteiger partial charge in [0.05, 0.1) is 0 Å². The summed E-state index contributed by atoms with van der Waals surface area (Å²) in [5.74, 6) is 1.34. The lowest BCUT2D eigenvalue weighted by atomic mass is 10.00. The monoisotopic (exact) mass is 267 g/mol. The average molecular weight is 267 g/mol. The van der Waals surface area contributed by atoms with Crippen molar-refractivity contribution in [2.75, 3.05) is 7.05 Å². The van der Waals surface area contributed by atoms with Crippen molar-refractivity contribution < 1.29 is 0 Å². The van der Waals surface area contributed by atoms with Crippen LogP contribution in [0.15, 0.2) is 30.5 Å². The highest BCUT2D eigenvalue weighted by atomic mass is 14.9. The van der Waals surface area contributed by atoms with E-state index in [1.54, 1.807) is 0 Å². The van der Waals surface area contributed by atoms with Crippen LogP contribution < -0.4 is 5.32 Å². The molecular weight excluding hydrogens is 246 g/mol. The number of nitrogens with one attached hydrogen (secondary N) is 1. The van der Waals surface area contributed by atoms with Crippen LogP contribution in [0.1, 0.15) is 53.5 Å². The molecular formula is C17H21N3. The summed E-state index contributed by atoms with van der Waals surface area (Å²) in [5.41, 5.74) is 5.12. The number of aromatic nitrogens is 2. The van der Waals surface area contributed by atoms with Gasteiger partial charge < -0.3 is 5.32 Å². The molecule has 0 fully saturated rings. The lowest BCUT2D eigenvalue weighted by Crippen LogP contribution is -2.16. The van der Waals surface area contributed by atoms with E-state index in [2.05, 4.69) is 48.4 Å². The summed E-state index contributed by atoms with van der Waals surface area (Å²) in [6, 6.07) is 8.96. The molecule has 1 N–H and O–H groups in total. The number of hydrogen-bond acceptors (Lipinski definition) is 3. The van der Waals surface area contributed by atoms with Crippen molar-refractivity contribution >= 4 is 0 Å². The highest BCUT2D eigenvalue weighted by Gasteiger charge is 2.26. The molecule has 3 nitrogen and oxygen atoms in total. The van der Waals surface area contributed by atoms with Crippen molar-refractivity contribution in [3.63, 3.8) is 0 Å². The molecule has 1 aromatic heterocycles. The van der Waals surface area contributed by atoms with Gasteiger partial charge in [0.25, 0.3) is 0 Å². The van der Waals surface area contributed by atoms with E-state index in [1.807, 2.05) is 13.2 Å². The molecule has 0 spiro atoms. The number of fused-ring (bicyclic) bond motifs is 1.